The van der Waals surface area contributed by atoms with Gasteiger partial charge in [-0.1, -0.05) is 45.9 Å². The van der Waals surface area contributed by atoms with E-state index in [4.69, 9.17) is 0 Å². The molecular weight excluding hydrogens is 262 g/mol. The van der Waals surface area contributed by atoms with Crippen molar-refractivity contribution in [2.24, 2.45) is 5.41 Å². The first-order valence-corrected chi connectivity index (χ1v) is 8.83. The topological polar surface area (TPSA) is 12.0 Å². The largest absolute Gasteiger partial charge is 0.313 e. The molecule has 1 unspecified atom stereocenters. The highest BCUT2D eigenvalue weighted by Gasteiger charge is 2.15. The normalized spacial score (nSPS) is 13.4. The van der Waals surface area contributed by atoms with Crippen molar-refractivity contribution in [2.45, 2.75) is 64.8 Å². The summed E-state index contributed by atoms with van der Waals surface area (Å²) >= 11 is 1.99. The Labute approximate surface area is 129 Å². The SMILES string of the molecule is CCCNC(CCC(C)(C)C)CSc1ccccc1C. The number of nitrogens with one attached hydrogen (secondary N) is 1. The van der Waals surface area contributed by atoms with Crippen LogP contribution < -0.4 is 5.32 Å². The Kier molecular flexibility index (Phi) is 7.68. The zero-order valence-electron chi connectivity index (χ0n) is 13.8. The first-order chi connectivity index (χ1) is 9.42. The summed E-state index contributed by atoms with van der Waals surface area (Å²) in [5.74, 6) is 1.17. The Morgan fingerprint density at radius 1 is 1.20 bits per heavy atom. The summed E-state index contributed by atoms with van der Waals surface area (Å²) in [5.41, 5.74) is 1.82. The van der Waals surface area contributed by atoms with Crippen molar-refractivity contribution in [3.8, 4) is 0 Å². The van der Waals surface area contributed by atoms with Crippen LogP contribution in [0.2, 0.25) is 0 Å². The number of benzene rings is 1. The number of hydrogen-bond acceptors (Lipinski definition) is 2. The molecular formula is C18H31NS. The van der Waals surface area contributed by atoms with E-state index >= 15 is 0 Å². The molecule has 20 heavy (non-hydrogen) atoms. The average molecular weight is 294 g/mol. The van der Waals surface area contributed by atoms with E-state index < -0.39 is 0 Å². The first kappa shape index (κ1) is 17.6. The zero-order valence-corrected chi connectivity index (χ0v) is 14.6. The Morgan fingerprint density at radius 3 is 2.50 bits per heavy atom. The molecule has 0 aliphatic heterocycles. The van der Waals surface area contributed by atoms with Crippen LogP contribution in [0.15, 0.2) is 29.2 Å². The predicted octanol–water partition coefficient (Wildman–Crippen LogP) is 5.28. The minimum atomic E-state index is 0.430. The summed E-state index contributed by atoms with van der Waals surface area (Å²) in [4.78, 5) is 1.42. The van der Waals surface area contributed by atoms with Crippen LogP contribution in [0.25, 0.3) is 0 Å². The van der Waals surface area contributed by atoms with Gasteiger partial charge in [0.05, 0.1) is 0 Å². The van der Waals surface area contributed by atoms with Gasteiger partial charge >= 0.3 is 0 Å². The van der Waals surface area contributed by atoms with E-state index in [9.17, 15) is 0 Å². The maximum Gasteiger partial charge on any atom is 0.0161 e. The summed E-state index contributed by atoms with van der Waals surface area (Å²) in [6, 6.07) is 9.32. The van der Waals surface area contributed by atoms with Crippen molar-refractivity contribution < 1.29 is 0 Å². The quantitative estimate of drug-likeness (QED) is 0.654. The molecule has 2 heteroatoms. The molecule has 1 aromatic rings. The molecule has 0 saturated heterocycles. The molecule has 1 rings (SSSR count). The van der Waals surface area contributed by atoms with E-state index in [1.807, 2.05) is 11.8 Å². The molecule has 0 bridgehead atoms. The summed E-state index contributed by atoms with van der Waals surface area (Å²) in [6.45, 7) is 12.6. The van der Waals surface area contributed by atoms with Crippen LogP contribution in [0.3, 0.4) is 0 Å². The highest BCUT2D eigenvalue weighted by molar-refractivity contribution is 7.99. The number of hydrogen-bond donors (Lipinski definition) is 1. The van der Waals surface area contributed by atoms with E-state index in [1.165, 1.54) is 35.5 Å². The Hall–Kier alpha value is -0.470. The monoisotopic (exact) mass is 293 g/mol. The third-order valence-corrected chi connectivity index (χ3v) is 4.80. The van der Waals surface area contributed by atoms with Gasteiger partial charge in [0.15, 0.2) is 0 Å². The molecule has 0 saturated carbocycles. The highest BCUT2D eigenvalue weighted by atomic mass is 32.2. The van der Waals surface area contributed by atoms with Gasteiger partial charge in [0, 0.05) is 16.7 Å². The molecule has 114 valence electrons. The van der Waals surface area contributed by atoms with Crippen LogP contribution in [0, 0.1) is 12.3 Å². The second-order valence-corrected chi connectivity index (χ2v) is 7.89. The van der Waals surface area contributed by atoms with Gasteiger partial charge in [-0.15, -0.1) is 11.8 Å². The molecule has 0 radical (unpaired) electrons. The average Bonchev–Trinajstić information content (AvgIpc) is 2.38. The molecule has 0 heterocycles. The van der Waals surface area contributed by atoms with Crippen LogP contribution in [-0.2, 0) is 0 Å². The lowest BCUT2D eigenvalue weighted by Crippen LogP contribution is -2.33. The lowest BCUT2D eigenvalue weighted by molar-refractivity contribution is 0.338. The number of aryl methyl sites for hydroxylation is 1. The van der Waals surface area contributed by atoms with Crippen LogP contribution in [0.5, 0.6) is 0 Å². The lowest BCUT2D eigenvalue weighted by Gasteiger charge is -2.24. The van der Waals surface area contributed by atoms with Gasteiger partial charge in [-0.25, -0.2) is 0 Å². The molecule has 0 aliphatic carbocycles. The van der Waals surface area contributed by atoms with Gasteiger partial charge in [-0.3, -0.25) is 0 Å². The van der Waals surface area contributed by atoms with Gasteiger partial charge in [0.1, 0.15) is 0 Å². The van der Waals surface area contributed by atoms with Crippen molar-refractivity contribution >= 4 is 11.8 Å². The molecule has 1 N–H and O–H groups in total. The molecule has 0 spiro atoms. The molecule has 1 aromatic carbocycles. The fraction of sp³-hybridized carbons (Fsp3) is 0.667. The van der Waals surface area contributed by atoms with Gasteiger partial charge < -0.3 is 5.32 Å². The van der Waals surface area contributed by atoms with Crippen LogP contribution in [0.4, 0.5) is 0 Å². The number of rotatable bonds is 8. The smallest absolute Gasteiger partial charge is 0.0161 e. The predicted molar refractivity (Wildman–Crippen MR) is 92.7 cm³/mol. The zero-order chi connectivity index (χ0) is 15.0. The van der Waals surface area contributed by atoms with Crippen molar-refractivity contribution in [1.29, 1.82) is 0 Å². The summed E-state index contributed by atoms with van der Waals surface area (Å²) in [7, 11) is 0. The highest BCUT2D eigenvalue weighted by Crippen LogP contribution is 2.26. The van der Waals surface area contributed by atoms with Gasteiger partial charge in [0.25, 0.3) is 0 Å². The van der Waals surface area contributed by atoms with Crippen LogP contribution in [0.1, 0.15) is 52.5 Å². The Balaban J connectivity index is 2.49. The fourth-order valence-electron chi connectivity index (χ4n) is 2.11. The molecule has 0 amide bonds. The lowest BCUT2D eigenvalue weighted by atomic mass is 9.89. The standard InChI is InChI=1S/C18H31NS/c1-6-13-19-16(11-12-18(3,4)5)14-20-17-10-8-7-9-15(17)2/h7-10,16,19H,6,11-14H2,1-5H3. The third kappa shape index (κ3) is 7.35. The van der Waals surface area contributed by atoms with E-state index in [0.717, 1.165) is 6.54 Å². The van der Waals surface area contributed by atoms with Crippen molar-refractivity contribution in [3.63, 3.8) is 0 Å². The molecule has 0 aromatic heterocycles. The van der Waals surface area contributed by atoms with E-state index in [0.29, 0.717) is 11.5 Å². The number of thioether (sulfide) groups is 1. The summed E-state index contributed by atoms with van der Waals surface area (Å²) < 4.78 is 0. The second-order valence-electron chi connectivity index (χ2n) is 6.83. The van der Waals surface area contributed by atoms with Gasteiger partial charge in [-0.05, 0) is 49.8 Å². The molecule has 1 nitrogen and oxygen atoms in total. The Bertz CT molecular complexity index is 381. The first-order valence-electron chi connectivity index (χ1n) is 7.84. The maximum atomic E-state index is 3.71. The van der Waals surface area contributed by atoms with E-state index in [-0.39, 0.29) is 0 Å². The van der Waals surface area contributed by atoms with Crippen LogP contribution in [-0.4, -0.2) is 18.3 Å². The molecule has 0 aliphatic rings. The summed E-state index contributed by atoms with van der Waals surface area (Å²) in [6.07, 6.45) is 3.76. The van der Waals surface area contributed by atoms with Crippen molar-refractivity contribution in [3.05, 3.63) is 29.8 Å². The van der Waals surface area contributed by atoms with E-state index in [1.54, 1.807) is 0 Å². The van der Waals surface area contributed by atoms with Crippen molar-refractivity contribution in [1.82, 2.24) is 5.32 Å². The van der Waals surface area contributed by atoms with Crippen molar-refractivity contribution in [2.75, 3.05) is 12.3 Å². The summed E-state index contributed by atoms with van der Waals surface area (Å²) in [5, 5.41) is 3.71. The maximum absolute atomic E-state index is 3.71. The fourth-order valence-corrected chi connectivity index (χ4v) is 3.24. The van der Waals surface area contributed by atoms with E-state index in [2.05, 4.69) is 64.2 Å². The minimum absolute atomic E-state index is 0.430. The van der Waals surface area contributed by atoms with Gasteiger partial charge in [-0.2, -0.15) is 0 Å². The Morgan fingerprint density at radius 2 is 1.90 bits per heavy atom. The van der Waals surface area contributed by atoms with Crippen LogP contribution >= 0.6 is 11.8 Å². The second kappa shape index (κ2) is 8.74. The minimum Gasteiger partial charge on any atom is -0.313 e. The van der Waals surface area contributed by atoms with Gasteiger partial charge in [0.2, 0.25) is 0 Å². The molecule has 0 fully saturated rings. The third-order valence-electron chi connectivity index (χ3n) is 3.46. The molecule has 1 atom stereocenters.